The fourth-order valence-corrected chi connectivity index (χ4v) is 8.90. The van der Waals surface area contributed by atoms with Gasteiger partial charge in [0, 0.05) is 22.1 Å². The highest BCUT2D eigenvalue weighted by Crippen LogP contribution is 2.43. The van der Waals surface area contributed by atoms with Crippen molar-refractivity contribution in [3.8, 4) is 39.3 Å². The van der Waals surface area contributed by atoms with E-state index in [9.17, 15) is 0 Å². The number of benzene rings is 6. The smallest absolute Gasteiger partial charge is 0.149 e. The number of aliphatic imine (C=N–C) groups is 1. The zero-order valence-electron chi connectivity index (χ0n) is 31.1. The molecule has 9 rings (SSSR count). The van der Waals surface area contributed by atoms with Crippen LogP contribution in [0, 0.1) is 0 Å². The van der Waals surface area contributed by atoms with E-state index in [-0.39, 0.29) is 17.4 Å². The highest BCUT2D eigenvalue weighted by Gasteiger charge is 2.28. The van der Waals surface area contributed by atoms with E-state index in [1.165, 1.54) is 39.1 Å². The lowest BCUT2D eigenvalue weighted by atomic mass is 9.87. The molecule has 0 radical (unpaired) electrons. The van der Waals surface area contributed by atoms with Gasteiger partial charge in [-0.15, -0.1) is 11.8 Å². The van der Waals surface area contributed by atoms with Crippen LogP contribution in [0.2, 0.25) is 0 Å². The van der Waals surface area contributed by atoms with Crippen LogP contribution in [0.15, 0.2) is 137 Å². The first-order chi connectivity index (χ1) is 25.6. The quantitative estimate of drug-likeness (QED) is 0.165. The number of thioether (sulfide) groups is 1. The molecule has 5 heteroatoms. The Morgan fingerprint density at radius 3 is 1.96 bits per heavy atom. The van der Waals surface area contributed by atoms with Crippen molar-refractivity contribution in [1.82, 2.24) is 9.55 Å². The van der Waals surface area contributed by atoms with Gasteiger partial charge in [0.2, 0.25) is 0 Å². The van der Waals surface area contributed by atoms with Gasteiger partial charge in [0.1, 0.15) is 17.0 Å². The van der Waals surface area contributed by atoms with E-state index < -0.39 is 0 Å². The molecule has 0 bridgehead atoms. The number of imidazole rings is 1. The molecule has 53 heavy (non-hydrogen) atoms. The Balaban J connectivity index is 1.24. The van der Waals surface area contributed by atoms with Gasteiger partial charge in [-0.2, -0.15) is 0 Å². The van der Waals surface area contributed by atoms with Gasteiger partial charge < -0.3 is 4.42 Å². The van der Waals surface area contributed by atoms with Crippen LogP contribution in [0.3, 0.4) is 0 Å². The topological polar surface area (TPSA) is 43.3 Å². The number of furan rings is 1. The highest BCUT2D eigenvalue weighted by atomic mass is 32.2. The lowest BCUT2D eigenvalue weighted by Gasteiger charge is -2.24. The first-order valence-corrected chi connectivity index (χ1v) is 19.6. The van der Waals surface area contributed by atoms with Crippen molar-refractivity contribution in [2.24, 2.45) is 4.99 Å². The summed E-state index contributed by atoms with van der Waals surface area (Å²) < 4.78 is 9.24. The molecule has 0 saturated carbocycles. The third-order valence-corrected chi connectivity index (χ3v) is 11.9. The van der Waals surface area contributed by atoms with Crippen LogP contribution in [-0.4, -0.2) is 25.9 Å². The third kappa shape index (κ3) is 5.88. The minimum Gasteiger partial charge on any atom is -0.455 e. The molecular formula is C48H43N3OS. The van der Waals surface area contributed by atoms with Gasteiger partial charge in [-0.1, -0.05) is 113 Å². The second-order valence-corrected chi connectivity index (χ2v) is 16.5. The molecule has 0 aliphatic carbocycles. The van der Waals surface area contributed by atoms with Gasteiger partial charge in [-0.05, 0) is 102 Å². The summed E-state index contributed by atoms with van der Waals surface area (Å²) in [4.78, 5) is 10.4. The summed E-state index contributed by atoms with van der Waals surface area (Å²) in [5.41, 5.74) is 14.5. The molecule has 0 amide bonds. The molecular weight excluding hydrogens is 667 g/mol. The predicted molar refractivity (Wildman–Crippen MR) is 226 cm³/mol. The van der Waals surface area contributed by atoms with E-state index in [0.717, 1.165) is 60.7 Å². The van der Waals surface area contributed by atoms with Crippen molar-refractivity contribution < 1.29 is 4.42 Å². The predicted octanol–water partition coefficient (Wildman–Crippen LogP) is 13.4. The van der Waals surface area contributed by atoms with E-state index in [0.29, 0.717) is 0 Å². The fourth-order valence-electron chi connectivity index (χ4n) is 7.74. The molecule has 4 nitrogen and oxygen atoms in total. The van der Waals surface area contributed by atoms with Crippen molar-refractivity contribution in [2.75, 3.05) is 5.75 Å². The first-order valence-electron chi connectivity index (χ1n) is 18.7. The lowest BCUT2D eigenvalue weighted by molar-refractivity contribution is 0.605. The molecule has 262 valence electrons. The summed E-state index contributed by atoms with van der Waals surface area (Å²) in [6.45, 7) is 13.6. The van der Waals surface area contributed by atoms with Gasteiger partial charge in [0.25, 0.3) is 0 Å². The number of aromatic nitrogens is 2. The maximum Gasteiger partial charge on any atom is 0.149 e. The molecule has 1 aliphatic heterocycles. The largest absolute Gasteiger partial charge is 0.455 e. The van der Waals surface area contributed by atoms with E-state index >= 15 is 0 Å². The van der Waals surface area contributed by atoms with Crippen molar-refractivity contribution in [3.05, 3.63) is 144 Å². The summed E-state index contributed by atoms with van der Waals surface area (Å²) in [5, 5.41) is 3.27. The summed E-state index contributed by atoms with van der Waals surface area (Å²) in [6.07, 6.45) is 0. The van der Waals surface area contributed by atoms with E-state index in [1.54, 1.807) is 0 Å². The maximum absolute atomic E-state index is 6.83. The Bertz CT molecular complexity index is 2670. The minimum atomic E-state index is -0.0516. The van der Waals surface area contributed by atoms with Crippen LogP contribution in [-0.2, 0) is 0 Å². The average molecular weight is 710 g/mol. The SMILES string of the molecule is CC(C)c1cc(-c2ccc(-c3ccccc3)cc2)cc(C(C)C)c1-n1c(-c2cccc3c2oc2cc(C4=NC(C)(C)CS4)ccc23)nc2ccccc21. The Kier molecular flexibility index (Phi) is 8.16. The summed E-state index contributed by atoms with van der Waals surface area (Å²) in [7, 11) is 0. The standard InChI is InChI=1S/C48H43N3OS/c1-29(2)39-25-35(33-21-19-32(20-22-33)31-13-8-7-9-14-31)26-40(30(3)4)44(39)51-42-18-11-10-17-41(42)49-46(51)38-16-12-15-37-36-24-23-34(27-43(36)52-45(37)38)47-50-48(5,6)28-53-47/h7-27,29-30H,28H2,1-6H3. The van der Waals surface area contributed by atoms with Gasteiger partial charge in [-0.3, -0.25) is 9.56 Å². The zero-order chi connectivity index (χ0) is 36.4. The summed E-state index contributed by atoms with van der Waals surface area (Å²) in [6, 6.07) is 45.9. The van der Waals surface area contributed by atoms with Gasteiger partial charge in [0.15, 0.2) is 0 Å². The van der Waals surface area contributed by atoms with Crippen LogP contribution in [0.5, 0.6) is 0 Å². The van der Waals surface area contributed by atoms with Gasteiger partial charge >= 0.3 is 0 Å². The normalized spacial score (nSPS) is 14.3. The lowest BCUT2D eigenvalue weighted by Crippen LogP contribution is -2.15. The van der Waals surface area contributed by atoms with Crippen LogP contribution in [0.4, 0.5) is 0 Å². The third-order valence-electron chi connectivity index (χ3n) is 10.5. The second kappa shape index (κ2) is 12.9. The number of hydrogen-bond acceptors (Lipinski definition) is 4. The molecule has 2 aromatic heterocycles. The molecule has 0 unspecified atom stereocenters. The molecule has 0 saturated heterocycles. The molecule has 3 heterocycles. The number of rotatable bonds is 7. The first kappa shape index (κ1) is 33.4. The number of fused-ring (bicyclic) bond motifs is 4. The monoisotopic (exact) mass is 709 g/mol. The molecule has 6 aromatic carbocycles. The Hall–Kier alpha value is -5.39. The van der Waals surface area contributed by atoms with Crippen LogP contribution in [0.25, 0.3) is 72.3 Å². The highest BCUT2D eigenvalue weighted by molar-refractivity contribution is 8.14. The van der Waals surface area contributed by atoms with Crippen molar-refractivity contribution >= 4 is 49.8 Å². The summed E-state index contributed by atoms with van der Waals surface area (Å²) >= 11 is 1.82. The van der Waals surface area contributed by atoms with Crippen LogP contribution < -0.4 is 0 Å². The number of para-hydroxylation sites is 3. The summed E-state index contributed by atoms with van der Waals surface area (Å²) in [5.74, 6) is 2.40. The fraction of sp³-hybridized carbons (Fsp3) is 0.208. The van der Waals surface area contributed by atoms with E-state index in [4.69, 9.17) is 14.4 Å². The zero-order valence-corrected chi connectivity index (χ0v) is 32.0. The van der Waals surface area contributed by atoms with Crippen molar-refractivity contribution in [2.45, 2.75) is 58.9 Å². The minimum absolute atomic E-state index is 0.0516. The van der Waals surface area contributed by atoms with Crippen LogP contribution >= 0.6 is 11.8 Å². The van der Waals surface area contributed by atoms with E-state index in [1.807, 2.05) is 11.8 Å². The molecule has 0 spiro atoms. The number of nitrogens with zero attached hydrogens (tertiary/aromatic N) is 3. The van der Waals surface area contributed by atoms with Crippen LogP contribution in [0.1, 0.15) is 70.1 Å². The Morgan fingerprint density at radius 1 is 0.642 bits per heavy atom. The van der Waals surface area contributed by atoms with Gasteiger partial charge in [0.05, 0.1) is 32.9 Å². The van der Waals surface area contributed by atoms with E-state index in [2.05, 4.69) is 174 Å². The van der Waals surface area contributed by atoms with Crippen molar-refractivity contribution in [3.63, 3.8) is 0 Å². The van der Waals surface area contributed by atoms with Gasteiger partial charge in [-0.25, -0.2) is 4.98 Å². The second-order valence-electron chi connectivity index (χ2n) is 15.5. The Labute approximate surface area is 315 Å². The average Bonchev–Trinajstić information content (AvgIpc) is 3.86. The molecule has 0 fully saturated rings. The molecule has 0 N–H and O–H groups in total. The molecule has 0 atom stereocenters. The Morgan fingerprint density at radius 2 is 1.28 bits per heavy atom. The molecule has 8 aromatic rings. The molecule has 1 aliphatic rings. The van der Waals surface area contributed by atoms with Crippen molar-refractivity contribution in [1.29, 1.82) is 0 Å². The number of hydrogen-bond donors (Lipinski definition) is 0. The maximum atomic E-state index is 6.83.